The predicted octanol–water partition coefficient (Wildman–Crippen LogP) is 6.00. The molecule has 3 heterocycles. The van der Waals surface area contributed by atoms with Gasteiger partial charge in [0.15, 0.2) is 18.1 Å². The van der Waals surface area contributed by atoms with Crippen LogP contribution in [0, 0.1) is 29.6 Å². The van der Waals surface area contributed by atoms with Gasteiger partial charge in [-0.25, -0.2) is 0 Å². The van der Waals surface area contributed by atoms with E-state index >= 15 is 0 Å². The average Bonchev–Trinajstić information content (AvgIpc) is 3.81. The highest BCUT2D eigenvalue weighted by molar-refractivity contribution is 9.10. The highest BCUT2D eigenvalue weighted by Gasteiger charge is 2.69. The van der Waals surface area contributed by atoms with Crippen LogP contribution in [0.2, 0.25) is 0 Å². The number of aromatic hydroxyl groups is 1. The quantitative estimate of drug-likeness (QED) is 0.148. The number of halogens is 1. The molecule has 7 atom stereocenters. The predicted molar refractivity (Wildman–Crippen MR) is 185 cm³/mol. The van der Waals surface area contributed by atoms with E-state index in [1.165, 1.54) is 28.4 Å². The molecule has 2 saturated carbocycles. The Morgan fingerprint density at radius 3 is 2.44 bits per heavy atom. The summed E-state index contributed by atoms with van der Waals surface area (Å²) in [6.45, 7) is 1.98. The van der Waals surface area contributed by atoms with E-state index in [9.17, 15) is 24.3 Å². The normalized spacial score (nSPS) is 26.6. The molecule has 4 aliphatic rings. The number of amides is 3. The molecule has 3 N–H and O–H groups in total. The number of imide groups is 1. The molecule has 1 saturated heterocycles. The lowest BCUT2D eigenvalue weighted by atomic mass is 9.68. The third kappa shape index (κ3) is 5.14. The Hall–Kier alpha value is -4.07. The van der Waals surface area contributed by atoms with Crippen LogP contribution in [0.25, 0.3) is 0 Å². The lowest BCUT2D eigenvalue weighted by Gasteiger charge is -2.43. The molecule has 1 aromatic heterocycles. The van der Waals surface area contributed by atoms with Crippen LogP contribution in [-0.4, -0.2) is 46.3 Å². The number of aromatic nitrogens is 1. The minimum Gasteiger partial charge on any atom is -0.508 e. The van der Waals surface area contributed by atoms with Gasteiger partial charge in [0.2, 0.25) is 11.8 Å². The number of thioether (sulfide) groups is 1. The molecule has 10 nitrogen and oxygen atoms in total. The summed E-state index contributed by atoms with van der Waals surface area (Å²) in [6.07, 6.45) is 0.786. The summed E-state index contributed by atoms with van der Waals surface area (Å²) in [7, 11) is 0. The Labute approximate surface area is 292 Å². The lowest BCUT2D eigenvalue weighted by molar-refractivity contribution is -0.123. The van der Waals surface area contributed by atoms with Crippen molar-refractivity contribution in [3.63, 3.8) is 0 Å². The van der Waals surface area contributed by atoms with Crippen LogP contribution in [0.3, 0.4) is 0 Å². The third-order valence-electron chi connectivity index (χ3n) is 9.95. The first-order valence-electron chi connectivity index (χ1n) is 15.7. The van der Waals surface area contributed by atoms with Crippen molar-refractivity contribution in [3.05, 3.63) is 91.3 Å². The molecule has 13 heteroatoms. The number of fused-ring (bicyclic) bond motifs is 9. The minimum absolute atomic E-state index is 0.00649. The fourth-order valence-corrected chi connectivity index (χ4v) is 11.4. The van der Waals surface area contributed by atoms with Gasteiger partial charge in [-0.15, -0.1) is 11.8 Å². The smallest absolute Gasteiger partial charge is 0.305 e. The molecule has 3 amide bonds. The Kier molecular flexibility index (Phi) is 7.88. The molecule has 8 rings (SSSR count). The summed E-state index contributed by atoms with van der Waals surface area (Å²) >= 11 is 6.28. The molecule has 2 aliphatic carbocycles. The zero-order valence-electron chi connectivity index (χ0n) is 25.6. The van der Waals surface area contributed by atoms with Crippen LogP contribution in [0.4, 0.5) is 11.4 Å². The Bertz CT molecular complexity index is 2000. The van der Waals surface area contributed by atoms with E-state index in [0.717, 1.165) is 26.4 Å². The maximum Gasteiger partial charge on any atom is 0.305 e. The second-order valence-corrected chi connectivity index (χ2v) is 15.6. The second-order valence-electron chi connectivity index (χ2n) is 12.5. The molecule has 4 unspecified atom stereocenters. The van der Waals surface area contributed by atoms with E-state index in [2.05, 4.69) is 26.2 Å². The van der Waals surface area contributed by atoms with Crippen molar-refractivity contribution < 1.29 is 29.0 Å². The lowest BCUT2D eigenvalue weighted by Crippen LogP contribution is -2.42. The van der Waals surface area contributed by atoms with Crippen LogP contribution in [0.5, 0.6) is 17.2 Å². The second kappa shape index (κ2) is 12.1. The number of phenolic OH excluding ortho intramolecular Hbond substituents is 1. The van der Waals surface area contributed by atoms with Crippen molar-refractivity contribution in [2.45, 2.75) is 29.5 Å². The van der Waals surface area contributed by atoms with Gasteiger partial charge in [0, 0.05) is 26.2 Å². The number of benzene rings is 3. The number of H-pyrrole nitrogens is 1. The third-order valence-corrected chi connectivity index (χ3v) is 13.1. The number of anilines is 2. The SMILES string of the molecule is CCOc1cc([C@H]2c3sc(=O)[nH]c3SC3C2[C@H]2C[C@@H]3C3C(=O)N(c4ccc(Br)cc4)C(=O)C32)ccc1OCC(=O)Nc1ccc(O)cc1. The Morgan fingerprint density at radius 2 is 1.71 bits per heavy atom. The molecular formula is C35H30BrN3O7S2. The molecule has 3 fully saturated rings. The summed E-state index contributed by atoms with van der Waals surface area (Å²) in [6, 6.07) is 19.1. The van der Waals surface area contributed by atoms with E-state index < -0.39 is 5.92 Å². The number of nitrogens with zero attached hydrogens (tertiary/aromatic N) is 1. The first-order chi connectivity index (χ1) is 23.2. The van der Waals surface area contributed by atoms with Gasteiger partial charge in [0.25, 0.3) is 5.91 Å². The first-order valence-corrected chi connectivity index (χ1v) is 18.2. The topological polar surface area (TPSA) is 138 Å². The van der Waals surface area contributed by atoms with Gasteiger partial charge in [-0.1, -0.05) is 33.3 Å². The number of rotatable bonds is 8. The van der Waals surface area contributed by atoms with E-state index in [0.29, 0.717) is 29.5 Å². The number of aromatic amines is 1. The number of carbonyl (C=O) groups excluding carboxylic acids is 3. The standard InChI is InChI=1S/C35H30BrN3O7S2/c1-2-45-24-13-16(3-12-23(24)46-15-25(41)37-18-6-10-20(40)11-7-18)26-27-21-14-22(30(27)47-32-31(26)48-35(44)38-32)29-28(21)33(42)39(34(29)43)19-8-4-17(36)5-9-19/h3-13,21-22,26-30,40H,2,14-15H2,1H3,(H,37,41)(H,38,44)/t21-,22-,26-,27?,28?,29?,30?/m1/s1. The van der Waals surface area contributed by atoms with Gasteiger partial charge in [-0.3, -0.25) is 24.1 Å². The number of thiazole rings is 1. The van der Waals surface area contributed by atoms with Gasteiger partial charge in [0.05, 0.1) is 29.2 Å². The van der Waals surface area contributed by atoms with Crippen LogP contribution in [-0.2, 0) is 14.4 Å². The highest BCUT2D eigenvalue weighted by Crippen LogP contribution is 2.68. The van der Waals surface area contributed by atoms with Crippen LogP contribution < -0.4 is 24.6 Å². The molecule has 2 bridgehead atoms. The number of hydrogen-bond donors (Lipinski definition) is 3. The van der Waals surface area contributed by atoms with Crippen molar-refractivity contribution in [2.75, 3.05) is 23.4 Å². The van der Waals surface area contributed by atoms with Gasteiger partial charge in [-0.2, -0.15) is 0 Å². The number of ether oxygens (including phenoxy) is 2. The van der Waals surface area contributed by atoms with Gasteiger partial charge in [-0.05, 0) is 97.3 Å². The van der Waals surface area contributed by atoms with Crippen molar-refractivity contribution in [3.8, 4) is 17.2 Å². The summed E-state index contributed by atoms with van der Waals surface area (Å²) in [5, 5.41) is 13.1. The van der Waals surface area contributed by atoms with Crippen molar-refractivity contribution in [1.82, 2.24) is 4.98 Å². The maximum absolute atomic E-state index is 14.0. The molecule has 4 aromatic rings. The molecule has 2 aliphatic heterocycles. The molecule has 0 spiro atoms. The van der Waals surface area contributed by atoms with Crippen LogP contribution in [0.15, 0.2) is 81.0 Å². The van der Waals surface area contributed by atoms with Crippen molar-refractivity contribution >= 4 is 68.1 Å². The monoisotopic (exact) mass is 747 g/mol. The zero-order valence-corrected chi connectivity index (χ0v) is 28.8. The number of hydrogen-bond acceptors (Lipinski definition) is 9. The minimum atomic E-state index is -0.409. The molecule has 48 heavy (non-hydrogen) atoms. The highest BCUT2D eigenvalue weighted by atomic mass is 79.9. The number of carbonyl (C=O) groups is 3. The number of phenols is 1. The summed E-state index contributed by atoms with van der Waals surface area (Å²) in [4.78, 5) is 58.5. The molecular weight excluding hydrogens is 718 g/mol. The van der Waals surface area contributed by atoms with Gasteiger partial charge < -0.3 is 24.9 Å². The summed E-state index contributed by atoms with van der Waals surface area (Å²) in [5.74, 6) is -0.637. The summed E-state index contributed by atoms with van der Waals surface area (Å²) < 4.78 is 12.8. The van der Waals surface area contributed by atoms with E-state index in [1.54, 1.807) is 42.1 Å². The molecule has 246 valence electrons. The maximum atomic E-state index is 14.0. The summed E-state index contributed by atoms with van der Waals surface area (Å²) in [5.41, 5.74) is 2.05. The van der Waals surface area contributed by atoms with Crippen LogP contribution >= 0.6 is 39.0 Å². The van der Waals surface area contributed by atoms with Crippen LogP contribution in [0.1, 0.15) is 29.7 Å². The van der Waals surface area contributed by atoms with E-state index in [4.69, 9.17) is 9.47 Å². The fourth-order valence-electron chi connectivity index (χ4n) is 8.23. The van der Waals surface area contributed by atoms with Crippen molar-refractivity contribution in [1.29, 1.82) is 0 Å². The molecule has 3 aromatic carbocycles. The largest absolute Gasteiger partial charge is 0.508 e. The molecule has 0 radical (unpaired) electrons. The Morgan fingerprint density at radius 1 is 0.979 bits per heavy atom. The zero-order chi connectivity index (χ0) is 33.3. The van der Waals surface area contributed by atoms with Gasteiger partial charge >= 0.3 is 4.87 Å². The van der Waals surface area contributed by atoms with Gasteiger partial charge in [0.1, 0.15) is 5.75 Å². The van der Waals surface area contributed by atoms with E-state index in [1.807, 2.05) is 31.2 Å². The van der Waals surface area contributed by atoms with E-state index in [-0.39, 0.29) is 69.8 Å². The average molecular weight is 749 g/mol. The van der Waals surface area contributed by atoms with Crippen molar-refractivity contribution in [2.24, 2.45) is 29.6 Å². The first kappa shape index (κ1) is 31.2. The fraction of sp³-hybridized carbons (Fsp3) is 0.314. The Balaban J connectivity index is 1.10. The number of nitrogens with one attached hydrogen (secondary N) is 2.